The normalized spacial score (nSPS) is 15.0. The van der Waals surface area contributed by atoms with Gasteiger partial charge in [0.25, 0.3) is 0 Å². The maximum Gasteiger partial charge on any atom is 0.0208 e. The van der Waals surface area contributed by atoms with E-state index in [0.29, 0.717) is 0 Å². The van der Waals surface area contributed by atoms with E-state index in [2.05, 4.69) is 35.8 Å². The Morgan fingerprint density at radius 3 is 3.13 bits per heavy atom. The lowest BCUT2D eigenvalue weighted by Crippen LogP contribution is -2.24. The largest absolute Gasteiger partial charge is 0.313 e. The first kappa shape index (κ1) is 10.7. The summed E-state index contributed by atoms with van der Waals surface area (Å²) >= 11 is 0. The molecule has 0 saturated heterocycles. The molecule has 0 radical (unpaired) electrons. The Kier molecular flexibility index (Phi) is 3.75. The van der Waals surface area contributed by atoms with Crippen molar-refractivity contribution in [3.8, 4) is 0 Å². The summed E-state index contributed by atoms with van der Waals surface area (Å²) < 4.78 is 0. The van der Waals surface area contributed by atoms with E-state index in [4.69, 9.17) is 0 Å². The fourth-order valence-electron chi connectivity index (χ4n) is 2.05. The zero-order valence-electron chi connectivity index (χ0n) is 9.47. The van der Waals surface area contributed by atoms with Crippen LogP contribution < -0.4 is 10.6 Å². The predicted molar refractivity (Wildman–Crippen MR) is 63.9 cm³/mol. The van der Waals surface area contributed by atoms with E-state index in [1.807, 2.05) is 0 Å². The van der Waals surface area contributed by atoms with Crippen LogP contribution in [0.2, 0.25) is 0 Å². The van der Waals surface area contributed by atoms with Crippen molar-refractivity contribution < 1.29 is 0 Å². The van der Waals surface area contributed by atoms with E-state index < -0.39 is 0 Å². The Bertz CT molecular complexity index is 320. The van der Waals surface area contributed by atoms with Crippen molar-refractivity contribution >= 4 is 0 Å². The van der Waals surface area contributed by atoms with Gasteiger partial charge in [0.15, 0.2) is 0 Å². The van der Waals surface area contributed by atoms with Crippen molar-refractivity contribution in [2.45, 2.75) is 32.9 Å². The highest BCUT2D eigenvalue weighted by Crippen LogP contribution is 2.15. The second-order valence-corrected chi connectivity index (χ2v) is 4.21. The minimum atomic E-state index is 1.01. The number of hydrogen-bond acceptors (Lipinski definition) is 2. The first-order valence-electron chi connectivity index (χ1n) is 5.92. The average molecular weight is 204 g/mol. The lowest BCUT2D eigenvalue weighted by atomic mass is 9.98. The molecule has 2 N–H and O–H groups in total. The van der Waals surface area contributed by atoms with Gasteiger partial charge in [0.2, 0.25) is 0 Å². The van der Waals surface area contributed by atoms with Crippen molar-refractivity contribution in [2.24, 2.45) is 0 Å². The molecule has 2 heteroatoms. The number of benzene rings is 1. The highest BCUT2D eigenvalue weighted by molar-refractivity contribution is 5.33. The molecule has 0 fully saturated rings. The van der Waals surface area contributed by atoms with Gasteiger partial charge in [0, 0.05) is 13.1 Å². The topological polar surface area (TPSA) is 24.1 Å². The highest BCUT2D eigenvalue weighted by Gasteiger charge is 2.08. The lowest BCUT2D eigenvalue weighted by Gasteiger charge is -2.18. The van der Waals surface area contributed by atoms with E-state index in [-0.39, 0.29) is 0 Å². The molecular formula is C13H20N2. The zero-order chi connectivity index (χ0) is 10.5. The van der Waals surface area contributed by atoms with Crippen LogP contribution in [0.15, 0.2) is 18.2 Å². The Morgan fingerprint density at radius 1 is 1.33 bits per heavy atom. The molecule has 0 spiro atoms. The molecule has 1 aliphatic rings. The maximum absolute atomic E-state index is 3.44. The molecule has 0 amide bonds. The quantitative estimate of drug-likeness (QED) is 0.731. The Labute approximate surface area is 92.1 Å². The second kappa shape index (κ2) is 5.29. The minimum Gasteiger partial charge on any atom is -0.313 e. The van der Waals surface area contributed by atoms with Crippen LogP contribution in [-0.2, 0) is 19.5 Å². The van der Waals surface area contributed by atoms with Crippen LogP contribution in [0.4, 0.5) is 0 Å². The summed E-state index contributed by atoms with van der Waals surface area (Å²) in [7, 11) is 0. The molecule has 0 bridgehead atoms. The van der Waals surface area contributed by atoms with Crippen LogP contribution >= 0.6 is 0 Å². The summed E-state index contributed by atoms with van der Waals surface area (Å²) in [6, 6.07) is 6.87. The summed E-state index contributed by atoms with van der Waals surface area (Å²) in [6.45, 7) is 6.48. The van der Waals surface area contributed by atoms with E-state index in [9.17, 15) is 0 Å². The van der Waals surface area contributed by atoms with Gasteiger partial charge in [0.05, 0.1) is 0 Å². The van der Waals surface area contributed by atoms with Gasteiger partial charge >= 0.3 is 0 Å². The molecule has 1 aliphatic heterocycles. The standard InChI is InChI=1S/C13H20N2/c1-2-6-14-9-11-3-4-13-10-15-7-5-12(13)8-11/h3-4,8,14-15H,2,5-7,9-10H2,1H3. The van der Waals surface area contributed by atoms with Crippen LogP contribution in [0.3, 0.4) is 0 Å². The molecule has 1 heterocycles. The van der Waals surface area contributed by atoms with Gasteiger partial charge in [0.1, 0.15) is 0 Å². The van der Waals surface area contributed by atoms with Crippen molar-refractivity contribution in [1.82, 2.24) is 10.6 Å². The van der Waals surface area contributed by atoms with Gasteiger partial charge in [-0.3, -0.25) is 0 Å². The van der Waals surface area contributed by atoms with Crippen LogP contribution in [0.5, 0.6) is 0 Å². The van der Waals surface area contributed by atoms with Gasteiger partial charge < -0.3 is 10.6 Å². The van der Waals surface area contributed by atoms with Crippen LogP contribution in [0, 0.1) is 0 Å². The third-order valence-corrected chi connectivity index (χ3v) is 2.91. The maximum atomic E-state index is 3.44. The number of nitrogens with one attached hydrogen (secondary N) is 2. The lowest BCUT2D eigenvalue weighted by molar-refractivity contribution is 0.638. The minimum absolute atomic E-state index is 1.01. The van der Waals surface area contributed by atoms with Gasteiger partial charge in [-0.1, -0.05) is 25.1 Å². The molecule has 15 heavy (non-hydrogen) atoms. The van der Waals surface area contributed by atoms with Crippen LogP contribution in [-0.4, -0.2) is 13.1 Å². The van der Waals surface area contributed by atoms with Crippen molar-refractivity contribution in [2.75, 3.05) is 13.1 Å². The summed E-state index contributed by atoms with van der Waals surface area (Å²) in [5.74, 6) is 0. The SMILES string of the molecule is CCCNCc1ccc2c(c1)CCNC2. The van der Waals surface area contributed by atoms with Gasteiger partial charge in [-0.05, 0) is 42.6 Å². The second-order valence-electron chi connectivity index (χ2n) is 4.21. The number of fused-ring (bicyclic) bond motifs is 1. The Hall–Kier alpha value is -0.860. The van der Waals surface area contributed by atoms with Gasteiger partial charge in [-0.25, -0.2) is 0 Å². The average Bonchev–Trinajstić information content (AvgIpc) is 2.29. The fourth-order valence-corrected chi connectivity index (χ4v) is 2.05. The van der Waals surface area contributed by atoms with E-state index in [0.717, 1.165) is 26.2 Å². The summed E-state index contributed by atoms with van der Waals surface area (Å²) in [5.41, 5.74) is 4.43. The molecule has 0 aliphatic carbocycles. The first-order valence-corrected chi connectivity index (χ1v) is 5.92. The van der Waals surface area contributed by atoms with Crippen LogP contribution in [0.1, 0.15) is 30.0 Å². The number of hydrogen-bond donors (Lipinski definition) is 2. The third-order valence-electron chi connectivity index (χ3n) is 2.91. The predicted octanol–water partition coefficient (Wildman–Crippen LogP) is 1.83. The Morgan fingerprint density at radius 2 is 2.27 bits per heavy atom. The monoisotopic (exact) mass is 204 g/mol. The molecule has 2 nitrogen and oxygen atoms in total. The number of rotatable bonds is 4. The van der Waals surface area contributed by atoms with Crippen molar-refractivity contribution in [3.05, 3.63) is 34.9 Å². The molecule has 0 unspecified atom stereocenters. The van der Waals surface area contributed by atoms with Crippen LogP contribution in [0.25, 0.3) is 0 Å². The zero-order valence-corrected chi connectivity index (χ0v) is 9.47. The molecular weight excluding hydrogens is 184 g/mol. The van der Waals surface area contributed by atoms with E-state index in [1.54, 1.807) is 0 Å². The fraction of sp³-hybridized carbons (Fsp3) is 0.538. The first-order chi connectivity index (χ1) is 7.40. The molecule has 1 aromatic carbocycles. The molecule has 2 rings (SSSR count). The Balaban J connectivity index is 2.00. The third kappa shape index (κ3) is 2.80. The smallest absolute Gasteiger partial charge is 0.0208 e. The van der Waals surface area contributed by atoms with E-state index >= 15 is 0 Å². The molecule has 1 aromatic rings. The van der Waals surface area contributed by atoms with Gasteiger partial charge in [-0.15, -0.1) is 0 Å². The summed E-state index contributed by atoms with van der Waals surface area (Å²) in [5, 5.41) is 6.84. The highest BCUT2D eigenvalue weighted by atomic mass is 14.9. The van der Waals surface area contributed by atoms with E-state index in [1.165, 1.54) is 29.5 Å². The molecule has 0 saturated carbocycles. The summed E-state index contributed by atoms with van der Waals surface area (Å²) in [6.07, 6.45) is 2.38. The van der Waals surface area contributed by atoms with Crippen molar-refractivity contribution in [3.63, 3.8) is 0 Å². The molecule has 82 valence electrons. The molecule has 0 atom stereocenters. The summed E-state index contributed by atoms with van der Waals surface area (Å²) in [4.78, 5) is 0. The van der Waals surface area contributed by atoms with Crippen molar-refractivity contribution in [1.29, 1.82) is 0 Å². The van der Waals surface area contributed by atoms with Gasteiger partial charge in [-0.2, -0.15) is 0 Å². The molecule has 0 aromatic heterocycles.